The largest absolute Gasteiger partial charge is 0.507 e. The number of carbonyl (C=O) groups is 1. The Morgan fingerprint density at radius 3 is 2.32 bits per heavy atom. The molecule has 1 aromatic rings. The summed E-state index contributed by atoms with van der Waals surface area (Å²) in [5.41, 5.74) is 6.10. The molecule has 1 atom stereocenters. The fourth-order valence-electron chi connectivity index (χ4n) is 2.48. The molecule has 6 heteroatoms. The van der Waals surface area contributed by atoms with E-state index in [0.29, 0.717) is 6.04 Å². The topological polar surface area (TPSA) is 88.0 Å². The second-order valence-corrected chi connectivity index (χ2v) is 7.56. The summed E-state index contributed by atoms with van der Waals surface area (Å²) in [5, 5.41) is 11.8. The number of amides is 1. The Kier molecular flexibility index (Phi) is 13.3. The van der Waals surface area contributed by atoms with E-state index in [1.807, 2.05) is 13.8 Å². The van der Waals surface area contributed by atoms with Crippen molar-refractivity contribution in [3.05, 3.63) is 29.3 Å². The van der Waals surface area contributed by atoms with E-state index in [2.05, 4.69) is 32.7 Å². The summed E-state index contributed by atoms with van der Waals surface area (Å²) >= 11 is 1.52. The molecule has 0 aliphatic carbocycles. The maximum absolute atomic E-state index is 11.3. The van der Waals surface area contributed by atoms with Crippen molar-refractivity contribution in [3.8, 4) is 5.75 Å². The molecule has 0 aliphatic heterocycles. The third-order valence-electron chi connectivity index (χ3n) is 4.08. The molecule has 0 bridgehead atoms. The summed E-state index contributed by atoms with van der Waals surface area (Å²) in [4.78, 5) is 20.6. The molecule has 0 saturated heterocycles. The van der Waals surface area contributed by atoms with Crippen LogP contribution in [0.15, 0.2) is 28.2 Å². The zero-order valence-electron chi connectivity index (χ0n) is 18.5. The molecule has 0 aromatic heterocycles. The number of nitrogens with zero attached hydrogens (tertiary/aromatic N) is 2. The number of aromatic hydroxyl groups is 1. The Bertz CT molecular complexity index is 670. The standard InChI is InChI=1S/C20H31N3O2S.C2H6/c1-6-8-9-15(7-2)23-19(13(3)4)26-20(22-5)14-10-11-16(18(21)25)17(24)12-14;1-2/h10-13,15,24H,6-9H2,1-5H3,(H2,21,25);1-2H3. The van der Waals surface area contributed by atoms with Crippen molar-refractivity contribution in [2.45, 2.75) is 73.3 Å². The molecule has 1 amide bonds. The predicted octanol–water partition coefficient (Wildman–Crippen LogP) is 5.65. The molecule has 28 heavy (non-hydrogen) atoms. The van der Waals surface area contributed by atoms with E-state index >= 15 is 0 Å². The van der Waals surface area contributed by atoms with Crippen LogP contribution >= 0.6 is 11.8 Å². The summed E-state index contributed by atoms with van der Waals surface area (Å²) in [6.45, 7) is 12.6. The van der Waals surface area contributed by atoms with Crippen LogP contribution in [-0.2, 0) is 0 Å². The van der Waals surface area contributed by atoms with Gasteiger partial charge in [-0.1, -0.05) is 72.2 Å². The average Bonchev–Trinajstić information content (AvgIpc) is 2.68. The zero-order chi connectivity index (χ0) is 21.7. The summed E-state index contributed by atoms with van der Waals surface area (Å²) in [7, 11) is 1.72. The fraction of sp³-hybridized carbons (Fsp3) is 0.591. The van der Waals surface area contributed by atoms with Crippen LogP contribution in [-0.4, -0.2) is 34.2 Å². The maximum atomic E-state index is 11.3. The van der Waals surface area contributed by atoms with E-state index in [0.717, 1.165) is 28.5 Å². The number of benzene rings is 1. The van der Waals surface area contributed by atoms with Gasteiger partial charge in [-0.15, -0.1) is 0 Å². The monoisotopic (exact) mass is 407 g/mol. The number of unbranched alkanes of at least 4 members (excludes halogenated alkanes) is 1. The van der Waals surface area contributed by atoms with Crippen LogP contribution in [0.2, 0.25) is 0 Å². The molecule has 0 aliphatic rings. The van der Waals surface area contributed by atoms with Crippen LogP contribution in [0.25, 0.3) is 0 Å². The zero-order valence-corrected chi connectivity index (χ0v) is 19.3. The van der Waals surface area contributed by atoms with Gasteiger partial charge in [-0.05, 0) is 25.0 Å². The molecular weight excluding hydrogens is 370 g/mol. The molecular formula is C22H37N3O2S. The van der Waals surface area contributed by atoms with Crippen LogP contribution in [0.5, 0.6) is 5.75 Å². The normalized spacial score (nSPS) is 13.1. The summed E-state index contributed by atoms with van der Waals surface area (Å²) in [5.74, 6) is -0.497. The number of phenols is 1. The molecule has 0 fully saturated rings. The van der Waals surface area contributed by atoms with Crippen LogP contribution in [0.3, 0.4) is 0 Å². The number of rotatable bonds is 8. The molecule has 1 rings (SSSR count). The highest BCUT2D eigenvalue weighted by atomic mass is 32.2. The van der Waals surface area contributed by atoms with Crippen molar-refractivity contribution in [3.63, 3.8) is 0 Å². The number of hydrogen-bond donors (Lipinski definition) is 2. The molecule has 0 saturated carbocycles. The van der Waals surface area contributed by atoms with Gasteiger partial charge in [0.2, 0.25) is 0 Å². The minimum atomic E-state index is -0.650. The third kappa shape index (κ3) is 8.46. The number of nitrogens with two attached hydrogens (primary N) is 1. The van der Waals surface area contributed by atoms with Crippen LogP contribution < -0.4 is 5.73 Å². The van der Waals surface area contributed by atoms with Crippen molar-refractivity contribution in [2.75, 3.05) is 7.05 Å². The van der Waals surface area contributed by atoms with Gasteiger partial charge < -0.3 is 10.8 Å². The van der Waals surface area contributed by atoms with Crippen LogP contribution in [0.4, 0.5) is 0 Å². The van der Waals surface area contributed by atoms with Gasteiger partial charge in [-0.3, -0.25) is 14.8 Å². The maximum Gasteiger partial charge on any atom is 0.252 e. The third-order valence-corrected chi connectivity index (χ3v) is 5.48. The van der Waals surface area contributed by atoms with Gasteiger partial charge in [0.05, 0.1) is 16.6 Å². The van der Waals surface area contributed by atoms with Gasteiger partial charge in [-0.2, -0.15) is 0 Å². The highest BCUT2D eigenvalue weighted by molar-refractivity contribution is 8.27. The number of carbonyl (C=O) groups excluding carboxylic acids is 1. The van der Waals surface area contributed by atoms with Crippen LogP contribution in [0.1, 0.15) is 83.1 Å². The van der Waals surface area contributed by atoms with Gasteiger partial charge >= 0.3 is 0 Å². The lowest BCUT2D eigenvalue weighted by molar-refractivity contribution is 0.0998. The molecule has 5 nitrogen and oxygen atoms in total. The number of aliphatic imine (C=N–C) groups is 2. The quantitative estimate of drug-likeness (QED) is 0.431. The van der Waals surface area contributed by atoms with Crippen molar-refractivity contribution >= 4 is 27.8 Å². The Labute approximate surface area is 174 Å². The summed E-state index contributed by atoms with van der Waals surface area (Å²) in [6, 6.07) is 5.13. The summed E-state index contributed by atoms with van der Waals surface area (Å²) in [6.07, 6.45) is 4.46. The Hall–Kier alpha value is -1.82. The molecule has 0 spiro atoms. The smallest absolute Gasteiger partial charge is 0.252 e. The van der Waals surface area contributed by atoms with E-state index in [9.17, 15) is 9.90 Å². The van der Waals surface area contributed by atoms with Gasteiger partial charge in [0.15, 0.2) is 0 Å². The molecule has 0 radical (unpaired) electrons. The van der Waals surface area contributed by atoms with E-state index in [1.165, 1.54) is 36.7 Å². The molecule has 1 aromatic carbocycles. The average molecular weight is 408 g/mol. The van der Waals surface area contributed by atoms with E-state index in [-0.39, 0.29) is 17.2 Å². The van der Waals surface area contributed by atoms with E-state index < -0.39 is 5.91 Å². The lowest BCUT2D eigenvalue weighted by Crippen LogP contribution is -2.14. The number of primary amides is 1. The molecule has 0 heterocycles. The van der Waals surface area contributed by atoms with Crippen LogP contribution in [0, 0.1) is 5.92 Å². The molecule has 3 N–H and O–H groups in total. The summed E-state index contributed by atoms with van der Waals surface area (Å²) < 4.78 is 0. The lowest BCUT2D eigenvalue weighted by Gasteiger charge is -2.16. The minimum Gasteiger partial charge on any atom is -0.507 e. The first-order chi connectivity index (χ1) is 13.3. The second-order valence-electron chi connectivity index (χ2n) is 6.55. The van der Waals surface area contributed by atoms with Gasteiger partial charge in [0.25, 0.3) is 5.91 Å². The first-order valence-electron chi connectivity index (χ1n) is 10.2. The first kappa shape index (κ1) is 26.2. The number of hydrogen-bond acceptors (Lipinski definition) is 5. The van der Waals surface area contributed by atoms with Gasteiger partial charge in [0, 0.05) is 18.5 Å². The van der Waals surface area contributed by atoms with E-state index in [1.54, 1.807) is 13.1 Å². The highest BCUT2D eigenvalue weighted by Crippen LogP contribution is 2.26. The van der Waals surface area contributed by atoms with Crippen molar-refractivity contribution < 1.29 is 9.90 Å². The number of thioether (sulfide) groups is 1. The Balaban J connectivity index is 0.00000352. The Morgan fingerprint density at radius 1 is 1.25 bits per heavy atom. The second kappa shape index (κ2) is 14.2. The highest BCUT2D eigenvalue weighted by Gasteiger charge is 2.16. The van der Waals surface area contributed by atoms with Crippen molar-refractivity contribution in [2.24, 2.45) is 21.6 Å². The molecule has 1 unspecified atom stereocenters. The SMILES string of the molecule is CC.CCCCC(CC)N=C(SC(=NC)c1ccc(C(N)=O)c(O)c1)C(C)C. The fourth-order valence-corrected chi connectivity index (χ4v) is 3.45. The van der Waals surface area contributed by atoms with Gasteiger partial charge in [0.1, 0.15) is 10.8 Å². The van der Waals surface area contributed by atoms with E-state index in [4.69, 9.17) is 10.7 Å². The minimum absolute atomic E-state index is 0.109. The predicted molar refractivity (Wildman–Crippen MR) is 124 cm³/mol. The lowest BCUT2D eigenvalue weighted by atomic mass is 10.1. The van der Waals surface area contributed by atoms with Crippen molar-refractivity contribution in [1.29, 1.82) is 0 Å². The molecule has 158 valence electrons. The van der Waals surface area contributed by atoms with Crippen molar-refractivity contribution in [1.82, 2.24) is 0 Å². The van der Waals surface area contributed by atoms with Gasteiger partial charge in [-0.25, -0.2) is 0 Å². The first-order valence-corrected chi connectivity index (χ1v) is 11.0. The Morgan fingerprint density at radius 2 is 1.89 bits per heavy atom.